The molecule has 0 spiro atoms. The molecule has 0 unspecified atom stereocenters. The van der Waals surface area contributed by atoms with Gasteiger partial charge in [-0.3, -0.25) is 10.1 Å². The van der Waals surface area contributed by atoms with Crippen LogP contribution in [0.15, 0.2) is 16.6 Å². The summed E-state index contributed by atoms with van der Waals surface area (Å²) in [5, 5.41) is 18.2. The molecule has 0 saturated carbocycles. The summed E-state index contributed by atoms with van der Waals surface area (Å²) in [5.41, 5.74) is 5.11. The average molecular weight is 330 g/mol. The van der Waals surface area contributed by atoms with Crippen molar-refractivity contribution in [1.82, 2.24) is 19.1 Å². The first kappa shape index (κ1) is 13.9. The van der Waals surface area contributed by atoms with E-state index in [0.717, 1.165) is 6.07 Å². The third-order valence-corrected chi connectivity index (χ3v) is 6.36. The number of fused-ring (bicyclic) bond motifs is 1. The van der Waals surface area contributed by atoms with Crippen LogP contribution >= 0.6 is 11.3 Å². The van der Waals surface area contributed by atoms with Gasteiger partial charge in [0.1, 0.15) is 16.4 Å². The predicted octanol–water partition coefficient (Wildman–Crippen LogP) is 0.0345. The van der Waals surface area contributed by atoms with E-state index in [1.807, 2.05) is 0 Å². The monoisotopic (exact) mass is 330 g/mol. The Morgan fingerprint density at radius 3 is 2.86 bits per heavy atom. The van der Waals surface area contributed by atoms with Crippen LogP contribution in [0.4, 0.5) is 10.7 Å². The van der Waals surface area contributed by atoms with Gasteiger partial charge in [0.05, 0.1) is 11.5 Å². The van der Waals surface area contributed by atoms with Crippen molar-refractivity contribution < 1.29 is 13.3 Å². The maximum absolute atomic E-state index is 12.5. The Kier molecular flexibility index (Phi) is 3.15. The van der Waals surface area contributed by atoms with Gasteiger partial charge in [-0.1, -0.05) is 11.3 Å². The first-order valence-corrected chi connectivity index (χ1v) is 8.06. The van der Waals surface area contributed by atoms with E-state index >= 15 is 0 Å². The minimum absolute atomic E-state index is 0.0773. The largest absolute Gasteiger partial charge is 0.385 e. The van der Waals surface area contributed by atoms with E-state index in [4.69, 9.17) is 5.73 Å². The number of hydrogen-bond donors (Lipinski definition) is 1. The van der Waals surface area contributed by atoms with Crippen molar-refractivity contribution in [2.75, 3.05) is 12.3 Å². The molecule has 0 saturated heterocycles. The summed E-state index contributed by atoms with van der Waals surface area (Å²) in [4.78, 5) is 10.1. The van der Waals surface area contributed by atoms with Gasteiger partial charge < -0.3 is 10.3 Å². The fourth-order valence-electron chi connectivity index (χ4n) is 2.02. The molecule has 0 atom stereocenters. The zero-order valence-electron chi connectivity index (χ0n) is 10.5. The van der Waals surface area contributed by atoms with E-state index < -0.39 is 20.6 Å². The molecule has 0 amide bonds. The molecular weight excluding hydrogens is 320 g/mol. The Hall–Kier alpha value is -2.05. The Labute approximate surface area is 123 Å². The number of aromatic nitrogens is 3. The minimum atomic E-state index is -3.83. The van der Waals surface area contributed by atoms with Crippen LogP contribution in [0.25, 0.3) is 0 Å². The van der Waals surface area contributed by atoms with Gasteiger partial charge in [-0.2, -0.15) is 4.31 Å². The zero-order valence-corrected chi connectivity index (χ0v) is 12.2. The molecule has 2 aromatic rings. The van der Waals surface area contributed by atoms with Gasteiger partial charge in [0.25, 0.3) is 10.0 Å². The van der Waals surface area contributed by atoms with Crippen molar-refractivity contribution in [3.05, 3.63) is 28.3 Å². The van der Waals surface area contributed by atoms with E-state index in [0.29, 0.717) is 23.7 Å². The van der Waals surface area contributed by atoms with Gasteiger partial charge in [0.15, 0.2) is 5.00 Å². The normalized spacial score (nSPS) is 15.8. The van der Waals surface area contributed by atoms with Gasteiger partial charge in [0, 0.05) is 19.2 Å². The molecule has 2 N–H and O–H groups in total. The maximum Gasteiger partial charge on any atom is 0.304 e. The summed E-state index contributed by atoms with van der Waals surface area (Å²) in [6.07, 6.45) is 1.53. The molecule has 10 nitrogen and oxygen atoms in total. The smallest absolute Gasteiger partial charge is 0.304 e. The minimum Gasteiger partial charge on any atom is -0.385 e. The van der Waals surface area contributed by atoms with Crippen molar-refractivity contribution in [3.63, 3.8) is 0 Å². The van der Waals surface area contributed by atoms with Gasteiger partial charge in [-0.05, 0) is 0 Å². The Bertz CT molecular complexity index is 810. The highest BCUT2D eigenvalue weighted by Crippen LogP contribution is 2.36. The number of thiophene rings is 1. The molecule has 0 aliphatic carbocycles. The molecule has 0 fully saturated rings. The lowest BCUT2D eigenvalue weighted by Gasteiger charge is -2.25. The quantitative estimate of drug-likeness (QED) is 0.619. The van der Waals surface area contributed by atoms with Crippen molar-refractivity contribution in [2.45, 2.75) is 17.3 Å². The third-order valence-electron chi connectivity index (χ3n) is 3.11. The van der Waals surface area contributed by atoms with Crippen LogP contribution in [0.5, 0.6) is 0 Å². The van der Waals surface area contributed by atoms with E-state index in [1.54, 1.807) is 4.57 Å². The molecule has 2 aromatic heterocycles. The van der Waals surface area contributed by atoms with Crippen LogP contribution < -0.4 is 5.73 Å². The number of nitro groups is 1. The number of sulfonamides is 1. The van der Waals surface area contributed by atoms with Gasteiger partial charge in [-0.15, -0.1) is 10.2 Å². The maximum atomic E-state index is 12.5. The van der Waals surface area contributed by atoms with Crippen LogP contribution in [0.1, 0.15) is 5.82 Å². The summed E-state index contributed by atoms with van der Waals surface area (Å²) in [6, 6.07) is 0.995. The summed E-state index contributed by atoms with van der Waals surface area (Å²) < 4.78 is 27.9. The zero-order chi connectivity index (χ0) is 15.2. The summed E-state index contributed by atoms with van der Waals surface area (Å²) in [7, 11) is -3.83. The van der Waals surface area contributed by atoms with Crippen molar-refractivity contribution in [1.29, 1.82) is 0 Å². The molecule has 0 bridgehead atoms. The van der Waals surface area contributed by atoms with Gasteiger partial charge in [-0.25, -0.2) is 8.42 Å². The van der Waals surface area contributed by atoms with E-state index in [1.165, 1.54) is 10.6 Å². The van der Waals surface area contributed by atoms with Crippen LogP contribution in [0.2, 0.25) is 0 Å². The van der Waals surface area contributed by atoms with Crippen molar-refractivity contribution >= 4 is 32.0 Å². The number of nitrogen functional groups attached to an aromatic ring is 1. The molecule has 0 radical (unpaired) electrons. The number of anilines is 1. The van der Waals surface area contributed by atoms with Gasteiger partial charge in [0.2, 0.25) is 0 Å². The van der Waals surface area contributed by atoms with E-state index in [-0.39, 0.29) is 22.3 Å². The highest BCUT2D eigenvalue weighted by Gasteiger charge is 2.33. The van der Waals surface area contributed by atoms with Crippen LogP contribution in [0.3, 0.4) is 0 Å². The fraction of sp³-hybridized carbons (Fsp3) is 0.333. The molecule has 1 aliphatic rings. The van der Waals surface area contributed by atoms with Crippen molar-refractivity contribution in [2.24, 2.45) is 0 Å². The second kappa shape index (κ2) is 4.75. The third kappa shape index (κ3) is 2.26. The Morgan fingerprint density at radius 2 is 2.19 bits per heavy atom. The summed E-state index contributed by atoms with van der Waals surface area (Å²) in [5.74, 6) is 0.531. The van der Waals surface area contributed by atoms with E-state index in [2.05, 4.69) is 10.2 Å². The topological polar surface area (TPSA) is 137 Å². The average Bonchev–Trinajstić information content (AvgIpc) is 3.03. The van der Waals surface area contributed by atoms with Crippen molar-refractivity contribution in [3.8, 4) is 0 Å². The summed E-state index contributed by atoms with van der Waals surface area (Å²) in [6.45, 7) is 0.761. The standard InChI is InChI=1S/C9H10N6O4S2/c10-9-6(15(16)17)3-8(20-9)21(18,19)14-2-1-13-5-11-12-7(13)4-14/h3,5H,1-2,4,10H2. The number of nitrogens with zero attached hydrogens (tertiary/aromatic N) is 5. The number of hydrogen-bond acceptors (Lipinski definition) is 8. The van der Waals surface area contributed by atoms with Crippen LogP contribution in [-0.4, -0.2) is 39.0 Å². The summed E-state index contributed by atoms with van der Waals surface area (Å²) >= 11 is 0.690. The highest BCUT2D eigenvalue weighted by atomic mass is 32.2. The Balaban J connectivity index is 1.95. The lowest BCUT2D eigenvalue weighted by atomic mass is 10.4. The molecule has 3 rings (SSSR count). The molecule has 0 aromatic carbocycles. The van der Waals surface area contributed by atoms with Crippen LogP contribution in [-0.2, 0) is 23.1 Å². The molecular formula is C9H10N6O4S2. The lowest BCUT2D eigenvalue weighted by molar-refractivity contribution is -0.383. The van der Waals surface area contributed by atoms with Gasteiger partial charge >= 0.3 is 5.69 Å². The fourth-order valence-corrected chi connectivity index (χ4v) is 4.77. The van der Waals surface area contributed by atoms with E-state index in [9.17, 15) is 18.5 Å². The highest BCUT2D eigenvalue weighted by molar-refractivity contribution is 7.91. The molecule has 112 valence electrons. The molecule has 1 aliphatic heterocycles. The SMILES string of the molecule is Nc1sc(S(=O)(=O)N2CCn3cnnc3C2)cc1[N+](=O)[O-]. The molecule has 3 heterocycles. The number of nitrogens with two attached hydrogens (primary N) is 1. The second-order valence-corrected chi connectivity index (χ2v) is 7.60. The first-order valence-electron chi connectivity index (χ1n) is 5.80. The van der Waals surface area contributed by atoms with Crippen LogP contribution in [0, 0.1) is 10.1 Å². The Morgan fingerprint density at radius 1 is 1.43 bits per heavy atom. The molecule has 12 heteroatoms. The second-order valence-electron chi connectivity index (χ2n) is 4.35. The predicted molar refractivity (Wildman–Crippen MR) is 73.0 cm³/mol. The molecule has 21 heavy (non-hydrogen) atoms. The lowest BCUT2D eigenvalue weighted by Crippen LogP contribution is -2.37. The number of rotatable bonds is 3. The first-order chi connectivity index (χ1) is 9.89.